The van der Waals surface area contributed by atoms with Gasteiger partial charge in [-0.1, -0.05) is 6.92 Å². The molecule has 7 nitrogen and oxygen atoms in total. The van der Waals surface area contributed by atoms with E-state index in [9.17, 15) is 4.79 Å². The van der Waals surface area contributed by atoms with Crippen LogP contribution in [0.2, 0.25) is 0 Å². The monoisotopic (exact) mass is 295 g/mol. The number of carbonyl (C=O) groups excluding carboxylic acids is 1. The normalized spacial score (nSPS) is 18.4. The van der Waals surface area contributed by atoms with Crippen LogP contribution in [0.1, 0.15) is 19.8 Å². The van der Waals surface area contributed by atoms with Gasteiger partial charge in [-0.15, -0.1) is 0 Å². The lowest BCUT2D eigenvalue weighted by atomic mass is 10.2. The highest BCUT2D eigenvalue weighted by atomic mass is 16.5. The minimum atomic E-state index is -0.270. The second-order valence-electron chi connectivity index (χ2n) is 4.78. The summed E-state index contributed by atoms with van der Waals surface area (Å²) < 4.78 is 15.7. The minimum absolute atomic E-state index is 0.187. The fraction of sp³-hybridized carbons (Fsp3) is 0.643. The van der Waals surface area contributed by atoms with Crippen molar-refractivity contribution in [1.82, 2.24) is 9.97 Å². The summed E-state index contributed by atoms with van der Waals surface area (Å²) in [7, 11) is 1.38. The molecule has 7 heteroatoms. The van der Waals surface area contributed by atoms with Gasteiger partial charge in [0, 0.05) is 13.1 Å². The summed E-state index contributed by atoms with van der Waals surface area (Å²) in [5, 5.41) is 0. The van der Waals surface area contributed by atoms with E-state index >= 15 is 0 Å². The van der Waals surface area contributed by atoms with Crippen LogP contribution < -0.4 is 9.64 Å². The summed E-state index contributed by atoms with van der Waals surface area (Å²) in [5.41, 5.74) is 0. The summed E-state index contributed by atoms with van der Waals surface area (Å²) in [6, 6.07) is 0. The molecule has 2 rings (SSSR count). The highest BCUT2D eigenvalue weighted by Gasteiger charge is 2.24. The Labute approximate surface area is 124 Å². The van der Waals surface area contributed by atoms with Crippen LogP contribution in [0.4, 0.5) is 5.82 Å². The number of ether oxygens (including phenoxy) is 3. The van der Waals surface area contributed by atoms with Crippen LogP contribution in [0.3, 0.4) is 0 Å². The number of nitrogens with zero attached hydrogens (tertiary/aromatic N) is 3. The molecule has 0 radical (unpaired) electrons. The molecule has 1 unspecified atom stereocenters. The van der Waals surface area contributed by atoms with Gasteiger partial charge in [-0.05, 0) is 6.42 Å². The lowest BCUT2D eigenvalue weighted by Crippen LogP contribution is -2.43. The minimum Gasteiger partial charge on any atom is -0.477 e. The van der Waals surface area contributed by atoms with Gasteiger partial charge >= 0.3 is 5.97 Å². The molecule has 1 saturated heterocycles. The lowest BCUT2D eigenvalue weighted by molar-refractivity contribution is -0.144. The fourth-order valence-electron chi connectivity index (χ4n) is 2.09. The molecule has 1 aliphatic rings. The summed E-state index contributed by atoms with van der Waals surface area (Å²) in [6.45, 7) is 4.50. The van der Waals surface area contributed by atoms with Crippen molar-refractivity contribution in [2.45, 2.75) is 25.9 Å². The number of carbonyl (C=O) groups is 1. The maximum absolute atomic E-state index is 11.3. The van der Waals surface area contributed by atoms with E-state index in [1.54, 1.807) is 12.4 Å². The SMILES string of the molecule is CCCOc1cncc(N2CCOC(CC(=O)OC)C2)n1. The van der Waals surface area contributed by atoms with Crippen molar-refractivity contribution >= 4 is 11.8 Å². The standard InChI is InChI=1S/C14H21N3O4/c1-3-5-21-13-9-15-8-12(16-13)17-4-6-20-11(10-17)7-14(18)19-2/h8-9,11H,3-7,10H2,1-2H3. The van der Waals surface area contributed by atoms with Crippen molar-refractivity contribution in [1.29, 1.82) is 0 Å². The number of rotatable bonds is 6. The van der Waals surface area contributed by atoms with Crippen LogP contribution in [0.5, 0.6) is 5.88 Å². The zero-order valence-electron chi connectivity index (χ0n) is 12.4. The molecular formula is C14H21N3O4. The third kappa shape index (κ3) is 4.56. The fourth-order valence-corrected chi connectivity index (χ4v) is 2.09. The van der Waals surface area contributed by atoms with Crippen molar-refractivity contribution in [2.75, 3.05) is 38.3 Å². The molecule has 1 aromatic rings. The average Bonchev–Trinajstić information content (AvgIpc) is 2.53. The lowest BCUT2D eigenvalue weighted by Gasteiger charge is -2.33. The van der Waals surface area contributed by atoms with E-state index in [2.05, 4.69) is 14.7 Å². The Kier molecular flexibility index (Phi) is 5.74. The first-order chi connectivity index (χ1) is 10.2. The average molecular weight is 295 g/mol. The Morgan fingerprint density at radius 3 is 3.14 bits per heavy atom. The molecule has 0 aromatic carbocycles. The van der Waals surface area contributed by atoms with Crippen LogP contribution in [0, 0.1) is 0 Å². The smallest absolute Gasteiger partial charge is 0.308 e. The van der Waals surface area contributed by atoms with E-state index in [0.717, 1.165) is 12.2 Å². The van der Waals surface area contributed by atoms with E-state index in [1.807, 2.05) is 11.8 Å². The van der Waals surface area contributed by atoms with E-state index in [1.165, 1.54) is 7.11 Å². The van der Waals surface area contributed by atoms with Crippen LogP contribution in [0.15, 0.2) is 12.4 Å². The van der Waals surface area contributed by atoms with Gasteiger partial charge in [0.05, 0.1) is 45.2 Å². The topological polar surface area (TPSA) is 73.8 Å². The Balaban J connectivity index is 1.98. The maximum Gasteiger partial charge on any atom is 0.308 e. The predicted molar refractivity (Wildman–Crippen MR) is 76.4 cm³/mol. The number of hydrogen-bond donors (Lipinski definition) is 0. The van der Waals surface area contributed by atoms with Gasteiger partial charge in [-0.2, -0.15) is 4.98 Å². The van der Waals surface area contributed by atoms with Crippen molar-refractivity contribution in [3.8, 4) is 5.88 Å². The quantitative estimate of drug-likeness (QED) is 0.726. The van der Waals surface area contributed by atoms with Crippen LogP contribution in [-0.4, -0.2) is 55.5 Å². The van der Waals surface area contributed by atoms with Gasteiger partial charge < -0.3 is 19.1 Å². The highest BCUT2D eigenvalue weighted by molar-refractivity contribution is 5.69. The second-order valence-corrected chi connectivity index (χ2v) is 4.78. The van der Waals surface area contributed by atoms with Crippen molar-refractivity contribution < 1.29 is 19.0 Å². The second kappa shape index (κ2) is 7.78. The first kappa shape index (κ1) is 15.5. The van der Waals surface area contributed by atoms with E-state index in [4.69, 9.17) is 9.47 Å². The molecule has 0 amide bonds. The van der Waals surface area contributed by atoms with Crippen LogP contribution in [0.25, 0.3) is 0 Å². The summed E-state index contributed by atoms with van der Waals surface area (Å²) in [6.07, 6.45) is 4.27. The zero-order chi connectivity index (χ0) is 15.1. The van der Waals surface area contributed by atoms with Crippen molar-refractivity contribution in [3.05, 3.63) is 12.4 Å². The number of esters is 1. The first-order valence-corrected chi connectivity index (χ1v) is 7.11. The van der Waals surface area contributed by atoms with Crippen molar-refractivity contribution in [2.24, 2.45) is 0 Å². The highest BCUT2D eigenvalue weighted by Crippen LogP contribution is 2.18. The van der Waals surface area contributed by atoms with E-state index in [0.29, 0.717) is 32.2 Å². The number of aromatic nitrogens is 2. The molecule has 1 aromatic heterocycles. The third-order valence-corrected chi connectivity index (χ3v) is 3.14. The first-order valence-electron chi connectivity index (χ1n) is 7.11. The predicted octanol–water partition coefficient (Wildman–Crippen LogP) is 1.03. The number of hydrogen-bond acceptors (Lipinski definition) is 7. The molecule has 0 aliphatic carbocycles. The number of methoxy groups -OCH3 is 1. The molecule has 0 spiro atoms. The molecule has 0 bridgehead atoms. The Bertz CT molecular complexity index is 469. The molecule has 0 N–H and O–H groups in total. The molecule has 1 fully saturated rings. The molecule has 21 heavy (non-hydrogen) atoms. The summed E-state index contributed by atoms with van der Waals surface area (Å²) >= 11 is 0. The third-order valence-electron chi connectivity index (χ3n) is 3.14. The molecular weight excluding hydrogens is 274 g/mol. The van der Waals surface area contributed by atoms with Gasteiger partial charge in [0.25, 0.3) is 0 Å². The summed E-state index contributed by atoms with van der Waals surface area (Å²) in [4.78, 5) is 22.0. The number of anilines is 1. The Morgan fingerprint density at radius 1 is 1.52 bits per heavy atom. The molecule has 2 heterocycles. The summed E-state index contributed by atoms with van der Waals surface area (Å²) in [5.74, 6) is 0.986. The van der Waals surface area contributed by atoms with Crippen LogP contribution >= 0.6 is 0 Å². The van der Waals surface area contributed by atoms with Gasteiger partial charge in [-0.3, -0.25) is 9.78 Å². The maximum atomic E-state index is 11.3. The van der Waals surface area contributed by atoms with Gasteiger partial charge in [-0.25, -0.2) is 0 Å². The van der Waals surface area contributed by atoms with Gasteiger partial charge in [0.15, 0.2) is 5.82 Å². The molecule has 0 saturated carbocycles. The van der Waals surface area contributed by atoms with E-state index in [-0.39, 0.29) is 18.5 Å². The Hall–Kier alpha value is -1.89. The molecule has 1 aliphatic heterocycles. The largest absolute Gasteiger partial charge is 0.477 e. The van der Waals surface area contributed by atoms with Gasteiger partial charge in [0.1, 0.15) is 0 Å². The van der Waals surface area contributed by atoms with Crippen LogP contribution in [-0.2, 0) is 14.3 Å². The number of morpholine rings is 1. The molecule has 116 valence electrons. The Morgan fingerprint density at radius 2 is 2.38 bits per heavy atom. The van der Waals surface area contributed by atoms with Gasteiger partial charge in [0.2, 0.25) is 5.88 Å². The van der Waals surface area contributed by atoms with Crippen molar-refractivity contribution in [3.63, 3.8) is 0 Å². The van der Waals surface area contributed by atoms with E-state index < -0.39 is 0 Å². The zero-order valence-corrected chi connectivity index (χ0v) is 12.4. The molecule has 1 atom stereocenters.